The van der Waals surface area contributed by atoms with Crippen molar-refractivity contribution in [2.45, 2.75) is 12.8 Å². The van der Waals surface area contributed by atoms with E-state index in [9.17, 15) is 4.79 Å². The van der Waals surface area contributed by atoms with Gasteiger partial charge in [-0.15, -0.1) is 11.3 Å². The summed E-state index contributed by atoms with van der Waals surface area (Å²) in [5.41, 5.74) is 1.76. The Bertz CT molecular complexity index is 650. The van der Waals surface area contributed by atoms with Gasteiger partial charge in [-0.3, -0.25) is 4.79 Å². The summed E-state index contributed by atoms with van der Waals surface area (Å²) in [6.07, 6.45) is 1.77. The molecule has 6 heteroatoms. The topological polar surface area (TPSA) is 63.2 Å². The van der Waals surface area contributed by atoms with Gasteiger partial charge in [0.1, 0.15) is 5.75 Å². The summed E-state index contributed by atoms with van der Waals surface area (Å²) in [6, 6.07) is 7.74. The van der Waals surface area contributed by atoms with Gasteiger partial charge in [0.25, 0.3) is 0 Å². The number of amides is 1. The van der Waals surface area contributed by atoms with Gasteiger partial charge in [-0.1, -0.05) is 12.1 Å². The lowest BCUT2D eigenvalue weighted by molar-refractivity contribution is -0.120. The number of anilines is 1. The number of thiazole rings is 1. The minimum atomic E-state index is 0.0717. The van der Waals surface area contributed by atoms with E-state index in [4.69, 9.17) is 4.74 Å². The van der Waals surface area contributed by atoms with Crippen molar-refractivity contribution in [3.8, 4) is 17.0 Å². The van der Waals surface area contributed by atoms with Crippen LogP contribution in [0.4, 0.5) is 5.13 Å². The van der Waals surface area contributed by atoms with Crippen LogP contribution in [-0.4, -0.2) is 31.1 Å². The first kappa shape index (κ1) is 15.0. The number of carbonyl (C=O) groups excluding carboxylic acids is 1. The Morgan fingerprint density at radius 3 is 2.91 bits per heavy atom. The zero-order valence-electron chi connectivity index (χ0n) is 12.5. The average molecular weight is 317 g/mol. The van der Waals surface area contributed by atoms with Gasteiger partial charge in [0, 0.05) is 16.9 Å². The number of ether oxygens (including phenoxy) is 1. The fourth-order valence-corrected chi connectivity index (χ4v) is 3.32. The second kappa shape index (κ2) is 6.89. The molecule has 1 aromatic carbocycles. The van der Waals surface area contributed by atoms with Crippen LogP contribution in [0.15, 0.2) is 29.6 Å². The number of piperidine rings is 1. The molecule has 1 aromatic heterocycles. The molecule has 5 nitrogen and oxygen atoms in total. The van der Waals surface area contributed by atoms with Crippen LogP contribution in [0, 0.1) is 5.92 Å². The molecule has 1 saturated heterocycles. The molecule has 2 aromatic rings. The Labute approximate surface area is 133 Å². The van der Waals surface area contributed by atoms with Crippen LogP contribution in [0.2, 0.25) is 0 Å². The Morgan fingerprint density at radius 2 is 2.14 bits per heavy atom. The maximum atomic E-state index is 12.2. The smallest absolute Gasteiger partial charge is 0.229 e. The predicted octanol–water partition coefficient (Wildman–Crippen LogP) is 2.76. The van der Waals surface area contributed by atoms with Crippen molar-refractivity contribution in [1.82, 2.24) is 10.3 Å². The highest BCUT2D eigenvalue weighted by Crippen LogP contribution is 2.32. The largest absolute Gasteiger partial charge is 0.496 e. The molecule has 3 rings (SSSR count). The first-order valence-corrected chi connectivity index (χ1v) is 8.26. The number of aromatic nitrogens is 1. The minimum Gasteiger partial charge on any atom is -0.496 e. The highest BCUT2D eigenvalue weighted by atomic mass is 32.1. The van der Waals surface area contributed by atoms with Crippen LogP contribution >= 0.6 is 11.3 Å². The van der Waals surface area contributed by atoms with Crippen LogP contribution in [0.1, 0.15) is 12.8 Å². The van der Waals surface area contributed by atoms with Crippen molar-refractivity contribution in [2.75, 3.05) is 25.5 Å². The lowest BCUT2D eigenvalue weighted by Gasteiger charge is -2.21. The number of carbonyl (C=O) groups is 1. The Balaban J connectivity index is 1.72. The van der Waals surface area contributed by atoms with E-state index in [-0.39, 0.29) is 11.8 Å². The third-order valence-electron chi connectivity index (χ3n) is 3.83. The number of hydrogen-bond donors (Lipinski definition) is 2. The molecule has 22 heavy (non-hydrogen) atoms. The fraction of sp³-hybridized carbons (Fsp3) is 0.375. The van der Waals surface area contributed by atoms with Gasteiger partial charge in [0.2, 0.25) is 5.91 Å². The molecule has 116 valence electrons. The Morgan fingerprint density at radius 1 is 1.36 bits per heavy atom. The fourth-order valence-electron chi connectivity index (χ4n) is 2.60. The molecule has 2 N–H and O–H groups in total. The van der Waals surface area contributed by atoms with Gasteiger partial charge in [0.05, 0.1) is 12.8 Å². The zero-order chi connectivity index (χ0) is 15.4. The van der Waals surface area contributed by atoms with Crippen molar-refractivity contribution in [1.29, 1.82) is 0 Å². The second-order valence-corrected chi connectivity index (χ2v) is 6.11. The summed E-state index contributed by atoms with van der Waals surface area (Å²) >= 11 is 1.44. The quantitative estimate of drug-likeness (QED) is 0.910. The van der Waals surface area contributed by atoms with E-state index < -0.39 is 0 Å². The van der Waals surface area contributed by atoms with E-state index >= 15 is 0 Å². The van der Waals surface area contributed by atoms with E-state index in [1.165, 1.54) is 11.3 Å². The summed E-state index contributed by atoms with van der Waals surface area (Å²) in [5, 5.41) is 8.79. The number of methoxy groups -OCH3 is 1. The number of para-hydroxylation sites is 1. The van der Waals surface area contributed by atoms with Crippen LogP contribution in [0.3, 0.4) is 0 Å². The maximum absolute atomic E-state index is 12.2. The maximum Gasteiger partial charge on any atom is 0.229 e. The van der Waals surface area contributed by atoms with Crippen molar-refractivity contribution in [2.24, 2.45) is 5.92 Å². The third kappa shape index (κ3) is 3.28. The van der Waals surface area contributed by atoms with E-state index in [0.717, 1.165) is 42.9 Å². The van der Waals surface area contributed by atoms with Gasteiger partial charge in [-0.25, -0.2) is 4.98 Å². The van der Waals surface area contributed by atoms with Gasteiger partial charge in [-0.2, -0.15) is 0 Å². The standard InChI is InChI=1S/C16H19N3O2S/c1-21-14-5-3-2-4-12(14)13-10-22-16(18-13)19-15(20)11-6-8-17-9-7-11/h2-5,10-11,17H,6-9H2,1H3,(H,18,19,20). The lowest BCUT2D eigenvalue weighted by atomic mass is 9.97. The Kier molecular flexibility index (Phi) is 4.70. The third-order valence-corrected chi connectivity index (χ3v) is 4.58. The van der Waals surface area contributed by atoms with E-state index in [1.807, 2.05) is 29.6 Å². The molecule has 0 unspecified atom stereocenters. The van der Waals surface area contributed by atoms with Crippen molar-refractivity contribution in [3.05, 3.63) is 29.6 Å². The molecule has 0 radical (unpaired) electrons. The first-order chi connectivity index (χ1) is 10.8. The molecule has 0 atom stereocenters. The number of rotatable bonds is 4. The van der Waals surface area contributed by atoms with Crippen LogP contribution in [-0.2, 0) is 4.79 Å². The highest BCUT2D eigenvalue weighted by molar-refractivity contribution is 7.14. The molecule has 2 heterocycles. The van der Waals surface area contributed by atoms with Gasteiger partial charge in [-0.05, 0) is 38.1 Å². The number of benzene rings is 1. The molecular formula is C16H19N3O2S. The van der Waals surface area contributed by atoms with Gasteiger partial charge in [0.15, 0.2) is 5.13 Å². The van der Waals surface area contributed by atoms with Gasteiger partial charge >= 0.3 is 0 Å². The Hall–Kier alpha value is -1.92. The van der Waals surface area contributed by atoms with Gasteiger partial charge < -0.3 is 15.4 Å². The SMILES string of the molecule is COc1ccccc1-c1csc(NC(=O)C2CCNCC2)n1. The average Bonchev–Trinajstić information content (AvgIpc) is 3.04. The summed E-state index contributed by atoms with van der Waals surface area (Å²) in [5.74, 6) is 0.936. The zero-order valence-corrected chi connectivity index (χ0v) is 13.3. The van der Waals surface area contributed by atoms with E-state index in [2.05, 4.69) is 15.6 Å². The number of hydrogen-bond acceptors (Lipinski definition) is 5. The molecule has 1 fully saturated rings. The summed E-state index contributed by atoms with van der Waals surface area (Å²) in [4.78, 5) is 16.8. The van der Waals surface area contributed by atoms with Crippen LogP contribution in [0.25, 0.3) is 11.3 Å². The van der Waals surface area contributed by atoms with Crippen molar-refractivity contribution < 1.29 is 9.53 Å². The highest BCUT2D eigenvalue weighted by Gasteiger charge is 2.21. The molecule has 1 aliphatic heterocycles. The molecule has 0 spiro atoms. The monoisotopic (exact) mass is 317 g/mol. The second-order valence-electron chi connectivity index (χ2n) is 5.25. The van der Waals surface area contributed by atoms with E-state index in [0.29, 0.717) is 5.13 Å². The normalized spacial score (nSPS) is 15.5. The molecule has 1 aliphatic rings. The summed E-state index contributed by atoms with van der Waals surface area (Å²) in [7, 11) is 1.64. The molecule has 0 saturated carbocycles. The van der Waals surface area contributed by atoms with Crippen LogP contribution < -0.4 is 15.4 Å². The number of nitrogens with one attached hydrogen (secondary N) is 2. The predicted molar refractivity (Wildman–Crippen MR) is 88.3 cm³/mol. The van der Waals surface area contributed by atoms with Crippen molar-refractivity contribution in [3.63, 3.8) is 0 Å². The lowest BCUT2D eigenvalue weighted by Crippen LogP contribution is -2.34. The van der Waals surface area contributed by atoms with E-state index in [1.54, 1.807) is 7.11 Å². The van der Waals surface area contributed by atoms with Crippen LogP contribution in [0.5, 0.6) is 5.75 Å². The number of nitrogens with zero attached hydrogens (tertiary/aromatic N) is 1. The summed E-state index contributed by atoms with van der Waals surface area (Å²) in [6.45, 7) is 1.81. The minimum absolute atomic E-state index is 0.0717. The first-order valence-electron chi connectivity index (χ1n) is 7.38. The van der Waals surface area contributed by atoms with Crippen molar-refractivity contribution >= 4 is 22.4 Å². The molecule has 0 aliphatic carbocycles. The molecule has 1 amide bonds. The molecule has 0 bridgehead atoms. The summed E-state index contributed by atoms with van der Waals surface area (Å²) < 4.78 is 5.36. The molecular weight excluding hydrogens is 298 g/mol.